The molecule has 2 aliphatic heterocycles. The Bertz CT molecular complexity index is 876. The molecule has 6 heteroatoms. The van der Waals surface area contributed by atoms with Gasteiger partial charge in [-0.3, -0.25) is 0 Å². The molecule has 0 radical (unpaired) electrons. The van der Waals surface area contributed by atoms with Crippen LogP contribution in [0.15, 0.2) is 65.3 Å². The van der Waals surface area contributed by atoms with Crippen molar-refractivity contribution < 1.29 is 4.79 Å². The number of nitrogens with zero attached hydrogens (tertiary/aromatic N) is 3. The molecule has 0 aromatic heterocycles. The number of aliphatic imine (C=N–C) groups is 1. The van der Waals surface area contributed by atoms with Gasteiger partial charge in [-0.1, -0.05) is 0 Å². The van der Waals surface area contributed by atoms with E-state index in [0.717, 1.165) is 30.3 Å². The third-order valence-electron chi connectivity index (χ3n) is 4.31. The molecule has 1 fully saturated rings. The van der Waals surface area contributed by atoms with E-state index >= 15 is 0 Å². The van der Waals surface area contributed by atoms with Crippen molar-refractivity contribution in [1.82, 2.24) is 4.90 Å². The predicted octanol–water partition coefficient (Wildman–Crippen LogP) is 3.94. The number of amides is 1. The van der Waals surface area contributed by atoms with Crippen LogP contribution >= 0.6 is 11.6 Å². The summed E-state index contributed by atoms with van der Waals surface area (Å²) >= 11 is 6.86. The summed E-state index contributed by atoms with van der Waals surface area (Å²) in [6.45, 7) is 1.89. The maximum absolute atomic E-state index is 13.2. The van der Waals surface area contributed by atoms with Crippen LogP contribution in [0.1, 0.15) is 5.56 Å². The molecule has 2 heterocycles. The van der Waals surface area contributed by atoms with Crippen LogP contribution in [0.3, 0.4) is 0 Å². The van der Waals surface area contributed by atoms with Crippen LogP contribution in [0.25, 0.3) is 6.08 Å². The van der Waals surface area contributed by atoms with Gasteiger partial charge in [0.25, 0.3) is 0 Å². The molecule has 1 amide bonds. The fraction of sp³-hybridized carbons (Fsp3) is 0.200. The average Bonchev–Trinajstić information content (AvgIpc) is 3.00. The maximum atomic E-state index is 13.2. The van der Waals surface area contributed by atoms with E-state index in [1.807, 2.05) is 60.7 Å². The van der Waals surface area contributed by atoms with Crippen LogP contribution in [0, 0.1) is 0 Å². The molecule has 0 N–H and O–H groups in total. The fourth-order valence-corrected chi connectivity index (χ4v) is 5.11. The Morgan fingerprint density at radius 3 is 2.54 bits per heavy atom. The molecule has 2 aromatic rings. The Labute approximate surface area is 164 Å². The predicted molar refractivity (Wildman–Crippen MR) is 108 cm³/mol. The fourth-order valence-electron chi connectivity index (χ4n) is 3.04. The van der Waals surface area contributed by atoms with Crippen molar-refractivity contribution in [2.45, 2.75) is 10.6 Å². The number of benzene rings is 2. The van der Waals surface area contributed by atoms with E-state index in [0.29, 0.717) is 25.7 Å². The van der Waals surface area contributed by atoms with Crippen LogP contribution in [-0.4, -0.2) is 44.8 Å². The number of anilines is 1. The molecule has 0 unspecified atom stereocenters. The molecule has 2 aliphatic rings. The molecule has 0 saturated carbocycles. The van der Waals surface area contributed by atoms with E-state index in [-0.39, 0.29) is 5.91 Å². The van der Waals surface area contributed by atoms with Crippen LogP contribution in [-0.2, 0) is 4.79 Å². The minimum atomic E-state index is -0.109. The molecule has 0 atom stereocenters. The first kappa shape index (κ1) is 17.3. The quantitative estimate of drug-likeness (QED) is 0.534. The number of carbonyl (C=O) groups excluding carboxylic acids is 1. The van der Waals surface area contributed by atoms with Gasteiger partial charge in [0.1, 0.15) is 0 Å². The average molecular weight is 431 g/mol. The van der Waals surface area contributed by atoms with E-state index in [9.17, 15) is 4.79 Å². The first-order valence-corrected chi connectivity index (χ1v) is 11.3. The third-order valence-corrected chi connectivity index (χ3v) is 6.52. The molecule has 4 nitrogen and oxygen atoms in total. The summed E-state index contributed by atoms with van der Waals surface area (Å²) in [5.74, 6) is 0.608. The summed E-state index contributed by atoms with van der Waals surface area (Å²) in [6, 6.07) is 17.2. The monoisotopic (exact) mass is 431 g/mol. The van der Waals surface area contributed by atoms with Crippen molar-refractivity contribution in [2.75, 3.05) is 18.0 Å². The number of halogens is 1. The van der Waals surface area contributed by atoms with Crippen LogP contribution in [0.2, 0.25) is 15.7 Å². The molecular formula is C20H18ClN3OSe. The number of rotatable bonds is 2. The second-order valence-corrected chi connectivity index (χ2v) is 9.08. The van der Waals surface area contributed by atoms with E-state index in [4.69, 9.17) is 16.6 Å². The van der Waals surface area contributed by atoms with Crippen LogP contribution < -0.4 is 4.90 Å². The van der Waals surface area contributed by atoms with Crippen molar-refractivity contribution >= 4 is 50.2 Å². The Kier molecular flexibility index (Phi) is 5.11. The second kappa shape index (κ2) is 7.66. The molecule has 132 valence electrons. The summed E-state index contributed by atoms with van der Waals surface area (Å²) in [4.78, 5) is 21.8. The number of carbonyl (C=O) groups is 1. The van der Waals surface area contributed by atoms with Gasteiger partial charge in [-0.05, 0) is 0 Å². The molecular weight excluding hydrogens is 413 g/mol. The zero-order valence-electron chi connectivity index (χ0n) is 14.1. The second-order valence-electron chi connectivity index (χ2n) is 6.07. The Morgan fingerprint density at radius 1 is 1.04 bits per heavy atom. The van der Waals surface area contributed by atoms with Crippen molar-refractivity contribution in [3.8, 4) is 0 Å². The van der Waals surface area contributed by atoms with Crippen molar-refractivity contribution in [3.63, 3.8) is 0 Å². The van der Waals surface area contributed by atoms with Gasteiger partial charge in [-0.25, -0.2) is 0 Å². The van der Waals surface area contributed by atoms with Gasteiger partial charge in [-0.15, -0.1) is 0 Å². The zero-order valence-corrected chi connectivity index (χ0v) is 16.6. The van der Waals surface area contributed by atoms with Crippen LogP contribution in [0.5, 0.6) is 0 Å². The van der Waals surface area contributed by atoms with E-state index in [1.165, 1.54) is 10.6 Å². The summed E-state index contributed by atoms with van der Waals surface area (Å²) in [6.07, 6.45) is 1.85. The van der Waals surface area contributed by atoms with Gasteiger partial charge in [0, 0.05) is 0 Å². The topological polar surface area (TPSA) is 35.9 Å². The number of hydrogen-bond acceptors (Lipinski definition) is 3. The van der Waals surface area contributed by atoms with E-state index in [2.05, 4.69) is 4.90 Å². The van der Waals surface area contributed by atoms with Gasteiger partial charge in [0.2, 0.25) is 0 Å². The Morgan fingerprint density at radius 2 is 1.81 bits per heavy atom. The van der Waals surface area contributed by atoms with E-state index in [1.54, 1.807) is 4.90 Å². The van der Waals surface area contributed by atoms with Gasteiger partial charge in [0.15, 0.2) is 0 Å². The van der Waals surface area contributed by atoms with Gasteiger partial charge < -0.3 is 0 Å². The van der Waals surface area contributed by atoms with Gasteiger partial charge >= 0.3 is 164 Å². The summed E-state index contributed by atoms with van der Waals surface area (Å²) in [5, 5.41) is 2.97. The number of hydrogen-bond donors (Lipinski definition) is 0. The first-order valence-electron chi connectivity index (χ1n) is 8.50. The molecule has 0 bridgehead atoms. The standard InChI is InChI=1S/C20H18ClN3OSe/c21-16-7-4-8-17(14-16)24-19(25)18(13-15-5-2-1-3-6-15)22-20(24)23-9-11-26-12-10-23/h1-8,13-14H,9-12H2/b18-13-. The molecule has 2 aromatic carbocycles. The number of guanidine groups is 1. The SMILES string of the molecule is O=C1/C(=C/c2ccccc2)N=C(N2CC[Se]CC2)N1c1cccc(Cl)c1. The summed E-state index contributed by atoms with van der Waals surface area (Å²) in [5.41, 5.74) is 2.19. The Hall–Kier alpha value is -2.07. The Balaban J connectivity index is 1.75. The zero-order chi connectivity index (χ0) is 17.9. The minimum absolute atomic E-state index is 0.109. The summed E-state index contributed by atoms with van der Waals surface area (Å²) in [7, 11) is 0. The normalized spacial score (nSPS) is 19.2. The molecule has 26 heavy (non-hydrogen) atoms. The molecule has 4 rings (SSSR count). The van der Waals surface area contributed by atoms with Crippen LogP contribution in [0.4, 0.5) is 5.69 Å². The molecule has 0 spiro atoms. The van der Waals surface area contributed by atoms with Gasteiger partial charge in [0.05, 0.1) is 0 Å². The van der Waals surface area contributed by atoms with Crippen molar-refractivity contribution in [3.05, 3.63) is 70.9 Å². The van der Waals surface area contributed by atoms with Crippen molar-refractivity contribution in [2.24, 2.45) is 4.99 Å². The van der Waals surface area contributed by atoms with E-state index < -0.39 is 0 Å². The first-order chi connectivity index (χ1) is 12.7. The van der Waals surface area contributed by atoms with Gasteiger partial charge in [-0.2, -0.15) is 0 Å². The third kappa shape index (κ3) is 3.56. The summed E-state index contributed by atoms with van der Waals surface area (Å²) < 4.78 is 0. The van der Waals surface area contributed by atoms with Crippen molar-refractivity contribution in [1.29, 1.82) is 0 Å². The molecule has 1 saturated heterocycles. The molecule has 0 aliphatic carbocycles.